The lowest BCUT2D eigenvalue weighted by Crippen LogP contribution is -2.58. The lowest BCUT2D eigenvalue weighted by atomic mass is 9.91. The van der Waals surface area contributed by atoms with Crippen LogP contribution >= 0.6 is 0 Å². The van der Waals surface area contributed by atoms with Crippen molar-refractivity contribution in [1.82, 2.24) is 15.2 Å². The summed E-state index contributed by atoms with van der Waals surface area (Å²) >= 11 is 0. The van der Waals surface area contributed by atoms with Gasteiger partial charge in [0.15, 0.2) is 5.60 Å². The summed E-state index contributed by atoms with van der Waals surface area (Å²) in [6.07, 6.45) is 2.14. The minimum absolute atomic E-state index is 0.154. The van der Waals surface area contributed by atoms with Crippen LogP contribution in [-0.2, 0) is 17.8 Å². The summed E-state index contributed by atoms with van der Waals surface area (Å²) in [5.74, 6) is -0.154. The zero-order valence-electron chi connectivity index (χ0n) is 16.0. The van der Waals surface area contributed by atoms with Crippen LogP contribution in [0.2, 0.25) is 0 Å². The molecule has 1 saturated heterocycles. The Morgan fingerprint density at radius 1 is 1.11 bits per heavy atom. The number of carbonyl (C=O) groups is 1. The molecule has 0 bridgehead atoms. The number of hydrogen-bond donors (Lipinski definition) is 3. The van der Waals surface area contributed by atoms with Gasteiger partial charge in [-0.25, -0.2) is 0 Å². The number of rotatable bonds is 7. The lowest BCUT2D eigenvalue weighted by molar-refractivity contribution is -0.156. The van der Waals surface area contributed by atoms with Crippen molar-refractivity contribution < 1.29 is 9.90 Å². The number of piperidine rings is 1. The van der Waals surface area contributed by atoms with E-state index in [1.54, 1.807) is 4.90 Å². The lowest BCUT2D eigenvalue weighted by Gasteiger charge is -2.38. The Balaban J connectivity index is 1.33. The molecule has 5 nitrogen and oxygen atoms in total. The molecule has 1 aliphatic rings. The van der Waals surface area contributed by atoms with Crippen LogP contribution in [0.5, 0.6) is 0 Å². The van der Waals surface area contributed by atoms with E-state index in [1.807, 2.05) is 36.4 Å². The number of aromatic nitrogens is 1. The van der Waals surface area contributed by atoms with Gasteiger partial charge < -0.3 is 20.3 Å². The fourth-order valence-electron chi connectivity index (χ4n) is 3.98. The number of carbonyl (C=O) groups excluding carboxylic acids is 1. The summed E-state index contributed by atoms with van der Waals surface area (Å²) in [4.78, 5) is 18.1. The fraction of sp³-hybridized carbons (Fsp3) is 0.348. The molecule has 0 unspecified atom stereocenters. The van der Waals surface area contributed by atoms with E-state index < -0.39 is 5.60 Å². The molecule has 2 aromatic carbocycles. The van der Waals surface area contributed by atoms with Gasteiger partial charge in [0.1, 0.15) is 0 Å². The molecule has 1 fully saturated rings. The number of nitrogens with zero attached hydrogens (tertiary/aromatic N) is 1. The molecule has 146 valence electrons. The predicted octanol–water partition coefficient (Wildman–Crippen LogP) is 2.85. The van der Waals surface area contributed by atoms with Gasteiger partial charge >= 0.3 is 0 Å². The van der Waals surface area contributed by atoms with Crippen LogP contribution in [0.1, 0.15) is 24.1 Å². The molecular weight excluding hydrogens is 350 g/mol. The molecule has 1 amide bonds. The van der Waals surface area contributed by atoms with Crippen molar-refractivity contribution in [2.75, 3.05) is 19.6 Å². The van der Waals surface area contributed by atoms with Crippen LogP contribution in [0, 0.1) is 0 Å². The number of hydrogen-bond acceptors (Lipinski definition) is 3. The van der Waals surface area contributed by atoms with E-state index in [0.29, 0.717) is 19.5 Å². The van der Waals surface area contributed by atoms with Crippen LogP contribution in [0.25, 0.3) is 10.9 Å². The van der Waals surface area contributed by atoms with Gasteiger partial charge in [0.25, 0.3) is 5.91 Å². The highest BCUT2D eigenvalue weighted by molar-refractivity contribution is 5.86. The van der Waals surface area contributed by atoms with E-state index in [4.69, 9.17) is 0 Å². The topological polar surface area (TPSA) is 68.4 Å². The number of aliphatic hydroxyl groups is 1. The minimum Gasteiger partial charge on any atom is -0.379 e. The largest absolute Gasteiger partial charge is 0.379 e. The van der Waals surface area contributed by atoms with Crippen molar-refractivity contribution in [3.8, 4) is 0 Å². The second kappa shape index (κ2) is 8.17. The quantitative estimate of drug-likeness (QED) is 0.593. The second-order valence-corrected chi connectivity index (χ2v) is 7.65. The highest BCUT2D eigenvalue weighted by atomic mass is 16.3. The van der Waals surface area contributed by atoms with E-state index in [9.17, 15) is 9.90 Å². The van der Waals surface area contributed by atoms with E-state index in [1.165, 1.54) is 10.9 Å². The van der Waals surface area contributed by atoms with Crippen LogP contribution < -0.4 is 5.32 Å². The maximum atomic E-state index is 12.9. The minimum atomic E-state index is -1.32. The molecular formula is C23H27N3O2. The number of fused-ring (bicyclic) bond motifs is 1. The first kappa shape index (κ1) is 18.7. The summed E-state index contributed by atoms with van der Waals surface area (Å²) in [5, 5.41) is 15.4. The van der Waals surface area contributed by atoms with Crippen molar-refractivity contribution in [3.63, 3.8) is 0 Å². The van der Waals surface area contributed by atoms with Gasteiger partial charge in [-0.3, -0.25) is 4.79 Å². The Hall–Kier alpha value is -2.63. The molecule has 0 radical (unpaired) electrons. The standard InChI is InChI=1S/C23H27N3O2/c27-22-23(28,12-6-13-26(22)14-11-18-7-2-1-3-8-18)17-24-16-20-15-19-9-4-5-10-21(19)25-20/h1-5,7-10,15,24-25,28H,6,11-14,16-17H2/t23-/m1/s1. The highest BCUT2D eigenvalue weighted by Gasteiger charge is 2.41. The van der Waals surface area contributed by atoms with E-state index in [2.05, 4.69) is 34.6 Å². The van der Waals surface area contributed by atoms with E-state index in [-0.39, 0.29) is 12.5 Å². The van der Waals surface area contributed by atoms with Crippen LogP contribution in [0.15, 0.2) is 60.7 Å². The van der Waals surface area contributed by atoms with E-state index >= 15 is 0 Å². The monoisotopic (exact) mass is 377 g/mol. The molecule has 0 saturated carbocycles. The highest BCUT2D eigenvalue weighted by Crippen LogP contribution is 2.23. The molecule has 0 spiro atoms. The molecule has 2 heterocycles. The average molecular weight is 377 g/mol. The molecule has 3 aromatic rings. The normalized spacial score (nSPS) is 20.0. The number of likely N-dealkylation sites (tertiary alicyclic amines) is 1. The summed E-state index contributed by atoms with van der Waals surface area (Å²) in [5.41, 5.74) is 2.04. The maximum Gasteiger partial charge on any atom is 0.255 e. The predicted molar refractivity (Wildman–Crippen MR) is 111 cm³/mol. The number of nitrogens with one attached hydrogen (secondary N) is 2. The van der Waals surface area contributed by atoms with Crippen LogP contribution in [0.4, 0.5) is 0 Å². The summed E-state index contributed by atoms with van der Waals surface area (Å²) in [7, 11) is 0. The second-order valence-electron chi connectivity index (χ2n) is 7.65. The molecule has 1 aliphatic heterocycles. The van der Waals surface area contributed by atoms with Gasteiger partial charge in [-0.2, -0.15) is 0 Å². The third kappa shape index (κ3) is 4.11. The first-order chi connectivity index (χ1) is 13.6. The molecule has 3 N–H and O–H groups in total. The average Bonchev–Trinajstić information content (AvgIpc) is 3.13. The molecule has 4 rings (SSSR count). The van der Waals surface area contributed by atoms with Crippen molar-refractivity contribution in [2.24, 2.45) is 0 Å². The zero-order valence-corrected chi connectivity index (χ0v) is 16.0. The van der Waals surface area contributed by atoms with Crippen molar-refractivity contribution >= 4 is 16.8 Å². The van der Waals surface area contributed by atoms with E-state index in [0.717, 1.165) is 30.6 Å². The Morgan fingerprint density at radius 2 is 1.89 bits per heavy atom. The smallest absolute Gasteiger partial charge is 0.255 e. The molecule has 5 heteroatoms. The van der Waals surface area contributed by atoms with Crippen molar-refractivity contribution in [2.45, 2.75) is 31.4 Å². The first-order valence-electron chi connectivity index (χ1n) is 9.97. The molecule has 28 heavy (non-hydrogen) atoms. The van der Waals surface area contributed by atoms with Gasteiger partial charge in [0.05, 0.1) is 0 Å². The Morgan fingerprint density at radius 3 is 2.71 bits per heavy atom. The first-order valence-corrected chi connectivity index (χ1v) is 9.97. The van der Waals surface area contributed by atoms with Gasteiger partial charge in [-0.05, 0) is 42.3 Å². The number of aromatic amines is 1. The van der Waals surface area contributed by atoms with Crippen molar-refractivity contribution in [3.05, 3.63) is 71.9 Å². The summed E-state index contributed by atoms with van der Waals surface area (Å²) < 4.78 is 0. The summed E-state index contributed by atoms with van der Waals surface area (Å²) in [6, 6.07) is 20.4. The van der Waals surface area contributed by atoms with Gasteiger partial charge in [0, 0.05) is 37.4 Å². The maximum absolute atomic E-state index is 12.9. The number of H-pyrrole nitrogens is 1. The zero-order chi connectivity index (χ0) is 19.4. The Bertz CT molecular complexity index is 904. The third-order valence-corrected chi connectivity index (χ3v) is 5.54. The number of benzene rings is 2. The molecule has 0 aliphatic carbocycles. The Kier molecular flexibility index (Phi) is 5.46. The van der Waals surface area contributed by atoms with Crippen LogP contribution in [0.3, 0.4) is 0 Å². The molecule has 1 aromatic heterocycles. The number of para-hydroxylation sites is 1. The molecule has 1 atom stereocenters. The van der Waals surface area contributed by atoms with Crippen LogP contribution in [-0.4, -0.2) is 46.1 Å². The fourth-order valence-corrected chi connectivity index (χ4v) is 3.98. The summed E-state index contributed by atoms with van der Waals surface area (Å²) in [6.45, 7) is 2.22. The SMILES string of the molecule is O=C1N(CCc2ccccc2)CCC[C@@]1(O)CNCc1cc2ccccc2[nH]1. The third-order valence-electron chi connectivity index (χ3n) is 5.54. The van der Waals surface area contributed by atoms with Gasteiger partial charge in [-0.15, -0.1) is 0 Å². The van der Waals surface area contributed by atoms with Gasteiger partial charge in [-0.1, -0.05) is 48.5 Å². The number of amides is 1. The Labute approximate surface area is 165 Å². The van der Waals surface area contributed by atoms with Gasteiger partial charge in [0.2, 0.25) is 0 Å². The van der Waals surface area contributed by atoms with Crippen molar-refractivity contribution in [1.29, 1.82) is 0 Å².